The molecule has 0 aromatic carbocycles. The molecule has 4 N–H and O–H groups in total. The quantitative estimate of drug-likeness (QED) is 0.466. The van der Waals surface area contributed by atoms with Gasteiger partial charge in [-0.3, -0.25) is 9.58 Å². The van der Waals surface area contributed by atoms with Crippen LogP contribution in [0.4, 0.5) is 20.4 Å². The van der Waals surface area contributed by atoms with Crippen molar-refractivity contribution in [3.8, 4) is 11.1 Å². The van der Waals surface area contributed by atoms with Gasteiger partial charge in [-0.1, -0.05) is 6.92 Å². The number of anilines is 2. The summed E-state index contributed by atoms with van der Waals surface area (Å²) >= 11 is 0. The summed E-state index contributed by atoms with van der Waals surface area (Å²) in [7, 11) is 0. The molecule has 1 saturated heterocycles. The number of nitrogens with two attached hydrogens (primary N) is 1. The maximum Gasteiger partial charge on any atom is 0.251 e. The minimum absolute atomic E-state index is 0.156. The summed E-state index contributed by atoms with van der Waals surface area (Å²) in [5.74, 6) is 1.04. The molecule has 0 bridgehead atoms. The molecule has 0 spiro atoms. The zero-order valence-electron chi connectivity index (χ0n) is 19.9. The molecule has 9 nitrogen and oxygen atoms in total. The van der Waals surface area contributed by atoms with Gasteiger partial charge in [-0.25, -0.2) is 23.7 Å². The van der Waals surface area contributed by atoms with Crippen molar-refractivity contribution >= 4 is 22.7 Å². The topological polar surface area (TPSA) is 118 Å². The van der Waals surface area contributed by atoms with E-state index >= 15 is 0 Å². The molecule has 3 aromatic heterocycles. The van der Waals surface area contributed by atoms with Crippen LogP contribution in [-0.2, 0) is 6.42 Å². The molecule has 2 atom stereocenters. The van der Waals surface area contributed by atoms with Gasteiger partial charge in [0, 0.05) is 42.7 Å². The van der Waals surface area contributed by atoms with E-state index in [0.717, 1.165) is 42.5 Å². The number of aryl methyl sites for hydroxylation is 1. The number of halogens is 2. The Morgan fingerprint density at radius 3 is 2.63 bits per heavy atom. The third-order valence-electron chi connectivity index (χ3n) is 7.12. The average molecular weight is 487 g/mol. The Bertz CT molecular complexity index is 1180. The Morgan fingerprint density at radius 2 is 1.94 bits per heavy atom. The van der Waals surface area contributed by atoms with Crippen molar-refractivity contribution in [2.45, 2.75) is 70.1 Å². The van der Waals surface area contributed by atoms with Crippen molar-refractivity contribution in [2.75, 3.05) is 30.7 Å². The number of piperidine rings is 1. The largest absolute Gasteiger partial charge is 0.393 e. The molecule has 1 aliphatic heterocycles. The second-order valence-electron chi connectivity index (χ2n) is 9.57. The molecule has 188 valence electrons. The Balaban J connectivity index is 1.43. The van der Waals surface area contributed by atoms with Gasteiger partial charge in [-0.05, 0) is 38.5 Å². The van der Waals surface area contributed by atoms with Gasteiger partial charge in [0.1, 0.15) is 16.9 Å². The predicted octanol–water partition coefficient (Wildman–Crippen LogP) is 3.26. The second kappa shape index (κ2) is 9.98. The SMILES string of the molecule is CCc1nc2c(N)ncc(-c3cnn(C4CCN(CC(F)F)CC4)c3)c2nc1N[C@@H]1CC[C@H](O)C1. The molecule has 2 fully saturated rings. The molecule has 5 rings (SSSR count). The third-order valence-corrected chi connectivity index (χ3v) is 7.12. The van der Waals surface area contributed by atoms with Gasteiger partial charge in [0.15, 0.2) is 5.82 Å². The van der Waals surface area contributed by atoms with Crippen LogP contribution in [0.25, 0.3) is 22.2 Å². The molecule has 0 unspecified atom stereocenters. The summed E-state index contributed by atoms with van der Waals surface area (Å²) in [5, 5.41) is 18.0. The number of nitrogens with one attached hydrogen (secondary N) is 1. The first-order valence-corrected chi connectivity index (χ1v) is 12.4. The van der Waals surface area contributed by atoms with E-state index in [1.807, 2.05) is 22.7 Å². The number of aliphatic hydroxyl groups excluding tert-OH is 1. The van der Waals surface area contributed by atoms with Gasteiger partial charge in [-0.2, -0.15) is 5.10 Å². The lowest BCUT2D eigenvalue weighted by Crippen LogP contribution is -2.37. The number of likely N-dealkylation sites (tertiary alicyclic amines) is 1. The number of hydrogen-bond donors (Lipinski definition) is 3. The number of fused-ring (bicyclic) bond motifs is 1. The number of aromatic nitrogens is 5. The van der Waals surface area contributed by atoms with Gasteiger partial charge in [-0.15, -0.1) is 0 Å². The van der Waals surface area contributed by atoms with Crippen LogP contribution in [0.15, 0.2) is 18.6 Å². The lowest BCUT2D eigenvalue weighted by molar-refractivity contribution is 0.0690. The number of hydrogen-bond acceptors (Lipinski definition) is 8. The highest BCUT2D eigenvalue weighted by Crippen LogP contribution is 2.33. The van der Waals surface area contributed by atoms with Crippen LogP contribution in [-0.4, -0.2) is 72.9 Å². The number of alkyl halides is 2. The molecule has 3 aromatic rings. The number of nitrogens with zero attached hydrogens (tertiary/aromatic N) is 6. The minimum atomic E-state index is -2.30. The lowest BCUT2D eigenvalue weighted by Gasteiger charge is -2.31. The van der Waals surface area contributed by atoms with Crippen molar-refractivity contribution in [3.05, 3.63) is 24.3 Å². The van der Waals surface area contributed by atoms with E-state index in [9.17, 15) is 13.9 Å². The first-order valence-electron chi connectivity index (χ1n) is 12.4. The monoisotopic (exact) mass is 486 g/mol. The Labute approximate surface area is 202 Å². The van der Waals surface area contributed by atoms with Crippen LogP contribution in [0, 0.1) is 0 Å². The molecule has 0 amide bonds. The third kappa shape index (κ3) is 5.06. The molecule has 11 heteroatoms. The summed E-state index contributed by atoms with van der Waals surface area (Å²) in [4.78, 5) is 15.9. The summed E-state index contributed by atoms with van der Waals surface area (Å²) < 4.78 is 27.3. The van der Waals surface area contributed by atoms with Gasteiger partial charge in [0.05, 0.1) is 30.6 Å². The zero-order valence-corrected chi connectivity index (χ0v) is 19.9. The molecule has 2 aliphatic rings. The van der Waals surface area contributed by atoms with Crippen LogP contribution < -0.4 is 11.1 Å². The Hall–Kier alpha value is -2.92. The van der Waals surface area contributed by atoms with Crippen LogP contribution >= 0.6 is 0 Å². The van der Waals surface area contributed by atoms with Gasteiger partial charge < -0.3 is 16.2 Å². The van der Waals surface area contributed by atoms with E-state index in [4.69, 9.17) is 15.7 Å². The first kappa shape index (κ1) is 23.8. The number of nitrogen functional groups attached to an aromatic ring is 1. The number of pyridine rings is 1. The van der Waals surface area contributed by atoms with E-state index in [0.29, 0.717) is 48.6 Å². The highest BCUT2D eigenvalue weighted by molar-refractivity contribution is 5.96. The maximum atomic E-state index is 12.7. The highest BCUT2D eigenvalue weighted by Gasteiger charge is 2.26. The minimum Gasteiger partial charge on any atom is -0.393 e. The van der Waals surface area contributed by atoms with Gasteiger partial charge >= 0.3 is 0 Å². The van der Waals surface area contributed by atoms with E-state index in [-0.39, 0.29) is 24.7 Å². The van der Waals surface area contributed by atoms with E-state index in [2.05, 4.69) is 15.4 Å². The molecule has 4 heterocycles. The van der Waals surface area contributed by atoms with Crippen molar-refractivity contribution in [1.29, 1.82) is 0 Å². The fourth-order valence-electron chi connectivity index (χ4n) is 5.19. The highest BCUT2D eigenvalue weighted by atomic mass is 19.3. The molecule has 1 aliphatic carbocycles. The first-order chi connectivity index (χ1) is 16.9. The zero-order chi connectivity index (χ0) is 24.5. The molecule has 35 heavy (non-hydrogen) atoms. The van der Waals surface area contributed by atoms with Crippen molar-refractivity contribution < 1.29 is 13.9 Å². The van der Waals surface area contributed by atoms with Crippen molar-refractivity contribution in [1.82, 2.24) is 29.6 Å². The standard InChI is InChI=1S/C24H32F2N8O/c1-2-19-24(30-15-3-4-17(35)9-15)32-21-18(11-28-23(27)22(21)31-19)14-10-29-34(12-14)16-5-7-33(8-6-16)13-20(25)26/h10-12,15-17,20,35H,2-9,13H2,1H3,(H2,27,28)(H,30,32)/t15-,17+/m1/s1. The average Bonchev–Trinajstić information content (AvgIpc) is 3.48. The smallest absolute Gasteiger partial charge is 0.251 e. The van der Waals surface area contributed by atoms with Crippen LogP contribution in [0.1, 0.15) is 50.8 Å². The van der Waals surface area contributed by atoms with E-state index < -0.39 is 6.43 Å². The molecular formula is C24H32F2N8O. The van der Waals surface area contributed by atoms with E-state index in [1.54, 1.807) is 12.4 Å². The molecular weight excluding hydrogens is 454 g/mol. The second-order valence-corrected chi connectivity index (χ2v) is 9.57. The normalized spacial score (nSPS) is 21.9. The summed E-state index contributed by atoms with van der Waals surface area (Å²) in [6.07, 6.45) is 7.46. The fourth-order valence-corrected chi connectivity index (χ4v) is 5.19. The predicted molar refractivity (Wildman–Crippen MR) is 130 cm³/mol. The van der Waals surface area contributed by atoms with Crippen molar-refractivity contribution in [2.24, 2.45) is 0 Å². The summed E-state index contributed by atoms with van der Waals surface area (Å²) in [6.45, 7) is 3.11. The Morgan fingerprint density at radius 1 is 1.14 bits per heavy atom. The van der Waals surface area contributed by atoms with Gasteiger partial charge in [0.25, 0.3) is 6.43 Å². The lowest BCUT2D eigenvalue weighted by atomic mass is 10.1. The molecule has 0 radical (unpaired) electrons. The van der Waals surface area contributed by atoms with Crippen molar-refractivity contribution in [3.63, 3.8) is 0 Å². The van der Waals surface area contributed by atoms with Crippen LogP contribution in [0.3, 0.4) is 0 Å². The summed E-state index contributed by atoms with van der Waals surface area (Å²) in [6, 6.07) is 0.317. The number of aliphatic hydroxyl groups is 1. The number of rotatable bonds is 7. The maximum absolute atomic E-state index is 12.7. The van der Waals surface area contributed by atoms with Gasteiger partial charge in [0.2, 0.25) is 0 Å². The van der Waals surface area contributed by atoms with Crippen LogP contribution in [0.5, 0.6) is 0 Å². The summed E-state index contributed by atoms with van der Waals surface area (Å²) in [5.41, 5.74) is 9.86. The fraction of sp³-hybridized carbons (Fsp3) is 0.583. The molecule has 1 saturated carbocycles. The Kier molecular flexibility index (Phi) is 6.79. The van der Waals surface area contributed by atoms with Crippen LogP contribution in [0.2, 0.25) is 0 Å². The van der Waals surface area contributed by atoms with E-state index in [1.165, 1.54) is 0 Å².